The van der Waals surface area contributed by atoms with Gasteiger partial charge in [-0.3, -0.25) is 14.4 Å². The molecular weight excluding hydrogens is 1020 g/mol. The SMILES string of the molecule is CC/C=C\C/C=C\C/C=C\C/C=C\C/C=C\CCCCCCCCCCCCCC(=O)OCC(COC(=O)CCCCCCCCC/C=C\CCCCCCCC)OC(=O)CCCCCCCCCCC/C=C\CCCCCCCCCC. The van der Waals surface area contributed by atoms with Crippen molar-refractivity contribution in [2.24, 2.45) is 0 Å². The fourth-order valence-electron chi connectivity index (χ4n) is 10.5. The summed E-state index contributed by atoms with van der Waals surface area (Å²) in [5.74, 6) is -0.866. The molecule has 0 aliphatic heterocycles. The lowest BCUT2D eigenvalue weighted by Gasteiger charge is -2.18. The fraction of sp³-hybridized carbons (Fsp3) is 0.779. The molecule has 0 aromatic carbocycles. The molecule has 6 nitrogen and oxygen atoms in total. The molecule has 0 N–H and O–H groups in total. The van der Waals surface area contributed by atoms with Gasteiger partial charge in [-0.25, -0.2) is 0 Å². The molecule has 0 aliphatic carbocycles. The van der Waals surface area contributed by atoms with Crippen LogP contribution in [-0.4, -0.2) is 37.2 Å². The Labute approximate surface area is 515 Å². The van der Waals surface area contributed by atoms with Gasteiger partial charge in [-0.1, -0.05) is 318 Å². The van der Waals surface area contributed by atoms with Crippen LogP contribution in [0, 0.1) is 0 Å². The van der Waals surface area contributed by atoms with Crippen LogP contribution in [0.4, 0.5) is 0 Å². The molecule has 480 valence electrons. The lowest BCUT2D eigenvalue weighted by atomic mass is 10.0. The molecule has 0 radical (unpaired) electrons. The van der Waals surface area contributed by atoms with E-state index in [-0.39, 0.29) is 31.1 Å². The van der Waals surface area contributed by atoms with Crippen LogP contribution >= 0.6 is 0 Å². The van der Waals surface area contributed by atoms with Gasteiger partial charge in [0.1, 0.15) is 13.2 Å². The van der Waals surface area contributed by atoms with E-state index >= 15 is 0 Å². The highest BCUT2D eigenvalue weighted by Crippen LogP contribution is 2.17. The average Bonchev–Trinajstić information content (AvgIpc) is 3.49. The van der Waals surface area contributed by atoms with Gasteiger partial charge in [0, 0.05) is 19.3 Å². The number of rotatable bonds is 66. The van der Waals surface area contributed by atoms with Crippen molar-refractivity contribution in [3.63, 3.8) is 0 Å². The predicted molar refractivity (Wildman–Crippen MR) is 362 cm³/mol. The Balaban J connectivity index is 4.34. The third-order valence-corrected chi connectivity index (χ3v) is 15.9. The highest BCUT2D eigenvalue weighted by Gasteiger charge is 2.19. The van der Waals surface area contributed by atoms with Gasteiger partial charge >= 0.3 is 17.9 Å². The van der Waals surface area contributed by atoms with Crippen LogP contribution in [0.3, 0.4) is 0 Å². The van der Waals surface area contributed by atoms with Crippen LogP contribution in [0.5, 0.6) is 0 Å². The summed E-state index contributed by atoms with van der Waals surface area (Å²) in [4.78, 5) is 38.5. The molecule has 0 heterocycles. The summed E-state index contributed by atoms with van der Waals surface area (Å²) < 4.78 is 17.0. The summed E-state index contributed by atoms with van der Waals surface area (Å²) in [7, 11) is 0. The third kappa shape index (κ3) is 69.3. The molecule has 0 rings (SSSR count). The van der Waals surface area contributed by atoms with Crippen LogP contribution in [-0.2, 0) is 28.6 Å². The molecular formula is C77H136O6. The molecule has 1 atom stereocenters. The van der Waals surface area contributed by atoms with Crippen molar-refractivity contribution >= 4 is 17.9 Å². The number of esters is 3. The first-order valence-electron chi connectivity index (χ1n) is 36.1. The largest absolute Gasteiger partial charge is 0.462 e. The van der Waals surface area contributed by atoms with Gasteiger partial charge in [0.25, 0.3) is 0 Å². The van der Waals surface area contributed by atoms with Crippen LogP contribution in [0.25, 0.3) is 0 Å². The zero-order valence-electron chi connectivity index (χ0n) is 55.2. The van der Waals surface area contributed by atoms with Crippen LogP contribution in [0.2, 0.25) is 0 Å². The number of allylic oxidation sites excluding steroid dienone is 14. The smallest absolute Gasteiger partial charge is 0.306 e. The molecule has 0 aliphatic rings. The highest BCUT2D eigenvalue weighted by molar-refractivity contribution is 5.71. The Morgan fingerprint density at radius 1 is 0.253 bits per heavy atom. The quantitative estimate of drug-likeness (QED) is 0.0261. The van der Waals surface area contributed by atoms with Crippen molar-refractivity contribution < 1.29 is 28.6 Å². The summed E-state index contributed by atoms with van der Waals surface area (Å²) in [6, 6.07) is 0. The third-order valence-electron chi connectivity index (χ3n) is 15.9. The van der Waals surface area contributed by atoms with E-state index in [0.29, 0.717) is 19.3 Å². The van der Waals surface area contributed by atoms with Gasteiger partial charge in [-0.15, -0.1) is 0 Å². The summed E-state index contributed by atoms with van der Waals surface area (Å²) in [5, 5.41) is 0. The first-order chi connectivity index (χ1) is 41.0. The van der Waals surface area contributed by atoms with Crippen LogP contribution in [0.1, 0.15) is 367 Å². The molecule has 6 heteroatoms. The van der Waals surface area contributed by atoms with Gasteiger partial charge < -0.3 is 14.2 Å². The topological polar surface area (TPSA) is 78.9 Å². The van der Waals surface area contributed by atoms with Crippen LogP contribution in [0.15, 0.2) is 85.1 Å². The van der Waals surface area contributed by atoms with E-state index in [1.54, 1.807) is 0 Å². The van der Waals surface area contributed by atoms with Gasteiger partial charge in [-0.05, 0) is 116 Å². The normalized spacial score (nSPS) is 12.6. The van der Waals surface area contributed by atoms with E-state index < -0.39 is 6.10 Å². The number of hydrogen-bond acceptors (Lipinski definition) is 6. The second-order valence-electron chi connectivity index (χ2n) is 24.1. The van der Waals surface area contributed by atoms with E-state index in [2.05, 4.69) is 106 Å². The Bertz CT molecular complexity index is 1570. The Morgan fingerprint density at radius 2 is 0.470 bits per heavy atom. The number of carbonyl (C=O) groups excluding carboxylic acids is 3. The van der Waals surface area contributed by atoms with Gasteiger partial charge in [0.2, 0.25) is 0 Å². The minimum absolute atomic E-state index is 0.0774. The molecule has 0 amide bonds. The number of hydrogen-bond donors (Lipinski definition) is 0. The molecule has 0 fully saturated rings. The van der Waals surface area contributed by atoms with E-state index in [1.165, 1.54) is 238 Å². The van der Waals surface area contributed by atoms with Crippen molar-refractivity contribution in [1.29, 1.82) is 0 Å². The molecule has 83 heavy (non-hydrogen) atoms. The van der Waals surface area contributed by atoms with E-state index in [1.807, 2.05) is 0 Å². The van der Waals surface area contributed by atoms with Gasteiger partial charge in [-0.2, -0.15) is 0 Å². The minimum atomic E-state index is -0.782. The van der Waals surface area contributed by atoms with Crippen molar-refractivity contribution in [3.8, 4) is 0 Å². The van der Waals surface area contributed by atoms with Gasteiger partial charge in [0.05, 0.1) is 0 Å². The molecule has 1 unspecified atom stereocenters. The Morgan fingerprint density at radius 3 is 0.747 bits per heavy atom. The monoisotopic (exact) mass is 1160 g/mol. The van der Waals surface area contributed by atoms with Crippen molar-refractivity contribution in [2.45, 2.75) is 374 Å². The maximum Gasteiger partial charge on any atom is 0.306 e. The zero-order valence-corrected chi connectivity index (χ0v) is 55.2. The average molecular weight is 1160 g/mol. The van der Waals surface area contributed by atoms with E-state index in [0.717, 1.165) is 89.9 Å². The molecule has 0 bridgehead atoms. The Hall–Kier alpha value is -3.41. The maximum atomic E-state index is 13.0. The lowest BCUT2D eigenvalue weighted by molar-refractivity contribution is -0.167. The maximum absolute atomic E-state index is 13.0. The van der Waals surface area contributed by atoms with E-state index in [9.17, 15) is 14.4 Å². The van der Waals surface area contributed by atoms with Crippen molar-refractivity contribution in [1.82, 2.24) is 0 Å². The zero-order chi connectivity index (χ0) is 59.9. The second-order valence-corrected chi connectivity index (χ2v) is 24.1. The number of ether oxygens (including phenoxy) is 3. The minimum Gasteiger partial charge on any atom is -0.462 e. The molecule has 0 saturated heterocycles. The second kappa shape index (κ2) is 71.1. The predicted octanol–water partition coefficient (Wildman–Crippen LogP) is 25.0. The summed E-state index contributed by atoms with van der Waals surface area (Å²) in [5.41, 5.74) is 0. The standard InChI is InChI=1S/C77H136O6/c1-4-7-10-13-16-19-22-25-28-31-33-35-36-37-38-39-40-42-43-46-49-52-55-58-61-64-67-70-76(79)82-73-74(72-81-75(78)69-66-63-60-57-54-51-48-45-30-27-24-21-18-15-12-9-6-3)83-77(80)71-68-65-62-59-56-53-50-47-44-41-34-32-29-26-23-20-17-14-11-8-5-2/h7,10,16,19,25,27-28,30,32-35,37-38,74H,4-6,8-9,11-15,17-18,20-24,26,29,31,36,39-73H2,1-3H3/b10-7-,19-16-,28-25-,30-27-,34-32-,35-33-,38-37-. The first-order valence-corrected chi connectivity index (χ1v) is 36.1. The molecule has 0 saturated carbocycles. The first kappa shape index (κ1) is 79.6. The van der Waals surface area contributed by atoms with Crippen LogP contribution < -0.4 is 0 Å². The van der Waals surface area contributed by atoms with Crippen molar-refractivity contribution in [2.75, 3.05) is 13.2 Å². The Kier molecular flexibility index (Phi) is 68.2. The van der Waals surface area contributed by atoms with Gasteiger partial charge in [0.15, 0.2) is 6.10 Å². The van der Waals surface area contributed by atoms with E-state index in [4.69, 9.17) is 14.2 Å². The summed E-state index contributed by atoms with van der Waals surface area (Å²) in [6.07, 6.45) is 94.6. The highest BCUT2D eigenvalue weighted by atomic mass is 16.6. The molecule has 0 aromatic rings. The fourth-order valence-corrected chi connectivity index (χ4v) is 10.5. The molecule has 0 aromatic heterocycles. The number of unbranched alkanes of at least 4 members (excludes halogenated alkanes) is 41. The summed E-state index contributed by atoms with van der Waals surface area (Å²) in [6.45, 7) is 6.57. The lowest BCUT2D eigenvalue weighted by Crippen LogP contribution is -2.30. The van der Waals surface area contributed by atoms with Crippen molar-refractivity contribution in [3.05, 3.63) is 85.1 Å². The number of carbonyl (C=O) groups is 3. The summed E-state index contributed by atoms with van der Waals surface area (Å²) >= 11 is 0. The molecule has 0 spiro atoms.